The second-order valence-electron chi connectivity index (χ2n) is 14.8. The number of hydrogen-bond acceptors (Lipinski definition) is 4. The predicted molar refractivity (Wildman–Crippen MR) is 232 cm³/mol. The highest BCUT2D eigenvalue weighted by atomic mass is 16.3. The fourth-order valence-electron chi connectivity index (χ4n) is 9.16. The fraction of sp³-hybridized carbons (Fsp3) is 0. The first-order valence-electron chi connectivity index (χ1n) is 19.2. The third-order valence-corrected chi connectivity index (χ3v) is 11.7. The number of benzene rings is 8. The zero-order chi connectivity index (χ0) is 37.2. The number of nitrogens with zero attached hydrogens (tertiary/aromatic N) is 5. The Morgan fingerprint density at radius 1 is 0.333 bits per heavy atom. The minimum absolute atomic E-state index is 0.607. The summed E-state index contributed by atoms with van der Waals surface area (Å²) in [5.41, 5.74) is 11.4. The quantitative estimate of drug-likeness (QED) is 0.181. The second-order valence-corrected chi connectivity index (χ2v) is 14.8. The van der Waals surface area contributed by atoms with Crippen molar-refractivity contribution >= 4 is 81.8 Å². The topological polar surface area (TPSA) is 61.2 Å². The van der Waals surface area contributed by atoms with Crippen molar-refractivity contribution in [3.8, 4) is 39.9 Å². The zero-order valence-corrected chi connectivity index (χ0v) is 30.4. The SMILES string of the molecule is c1ccc(-c2nc(-c3ccc4oc5ccccc5c4c3)nc(-c3ccc4c5ccccc5n(-c5ccc6c7cccc8c9ccccc9n(c6c5)c87)c4c3)n2)cc1. The van der Waals surface area contributed by atoms with Crippen molar-refractivity contribution < 1.29 is 4.42 Å². The molecular formula is C51H29N5O. The van der Waals surface area contributed by atoms with E-state index in [1.807, 2.05) is 60.7 Å². The van der Waals surface area contributed by atoms with Gasteiger partial charge in [-0.3, -0.25) is 0 Å². The number of para-hydroxylation sites is 4. The van der Waals surface area contributed by atoms with Crippen LogP contribution in [0.2, 0.25) is 0 Å². The normalized spacial score (nSPS) is 12.2. The van der Waals surface area contributed by atoms with Crippen molar-refractivity contribution in [2.45, 2.75) is 0 Å². The minimum Gasteiger partial charge on any atom is -0.456 e. The molecule has 0 saturated heterocycles. The van der Waals surface area contributed by atoms with Crippen LogP contribution in [0.1, 0.15) is 0 Å². The van der Waals surface area contributed by atoms with E-state index < -0.39 is 0 Å². The lowest BCUT2D eigenvalue weighted by molar-refractivity contribution is 0.669. The molecule has 0 aliphatic carbocycles. The van der Waals surface area contributed by atoms with E-state index >= 15 is 0 Å². The van der Waals surface area contributed by atoms with Gasteiger partial charge in [0.1, 0.15) is 11.2 Å². The van der Waals surface area contributed by atoms with Crippen molar-refractivity contribution in [3.63, 3.8) is 0 Å². The van der Waals surface area contributed by atoms with Gasteiger partial charge in [-0.2, -0.15) is 0 Å². The molecule has 0 aliphatic heterocycles. The van der Waals surface area contributed by atoms with E-state index in [2.05, 4.69) is 124 Å². The van der Waals surface area contributed by atoms with Crippen molar-refractivity contribution in [2.24, 2.45) is 0 Å². The largest absolute Gasteiger partial charge is 0.456 e. The third kappa shape index (κ3) is 4.32. The summed E-state index contributed by atoms with van der Waals surface area (Å²) in [6.07, 6.45) is 0. The van der Waals surface area contributed by atoms with E-state index in [1.165, 1.54) is 48.9 Å². The molecule has 0 N–H and O–H groups in total. The lowest BCUT2D eigenvalue weighted by atomic mass is 10.1. The Bertz CT molecular complexity index is 3760. The van der Waals surface area contributed by atoms with Crippen LogP contribution in [0.25, 0.3) is 122 Å². The summed E-state index contributed by atoms with van der Waals surface area (Å²) in [7, 11) is 0. The van der Waals surface area contributed by atoms with Crippen LogP contribution < -0.4 is 0 Å². The predicted octanol–water partition coefficient (Wildman–Crippen LogP) is 13.0. The Balaban J connectivity index is 1.04. The molecule has 0 unspecified atom stereocenters. The summed E-state index contributed by atoms with van der Waals surface area (Å²) in [4.78, 5) is 15.4. The molecule has 8 aromatic carbocycles. The average Bonchev–Trinajstić information content (AvgIpc) is 4.02. The molecule has 5 aromatic heterocycles. The molecule has 0 spiro atoms. The monoisotopic (exact) mass is 727 g/mol. The molecule has 0 amide bonds. The Morgan fingerprint density at radius 3 is 1.70 bits per heavy atom. The summed E-state index contributed by atoms with van der Waals surface area (Å²) in [5.74, 6) is 1.84. The van der Waals surface area contributed by atoms with Gasteiger partial charge < -0.3 is 13.4 Å². The van der Waals surface area contributed by atoms with E-state index in [-0.39, 0.29) is 0 Å². The lowest BCUT2D eigenvalue weighted by Crippen LogP contribution is -2.00. The van der Waals surface area contributed by atoms with Crippen LogP contribution in [0.5, 0.6) is 0 Å². The highest BCUT2D eigenvalue weighted by Crippen LogP contribution is 2.41. The van der Waals surface area contributed by atoms with Gasteiger partial charge in [0.2, 0.25) is 0 Å². The van der Waals surface area contributed by atoms with Crippen molar-refractivity contribution in [1.29, 1.82) is 0 Å². The number of hydrogen-bond donors (Lipinski definition) is 0. The maximum absolute atomic E-state index is 6.16. The Hall–Kier alpha value is -7.83. The van der Waals surface area contributed by atoms with E-state index in [0.717, 1.165) is 55.3 Å². The summed E-state index contributed by atoms with van der Waals surface area (Å²) >= 11 is 0. The van der Waals surface area contributed by atoms with Crippen LogP contribution in [-0.2, 0) is 0 Å². The number of furan rings is 1. The van der Waals surface area contributed by atoms with Crippen LogP contribution in [0.15, 0.2) is 180 Å². The van der Waals surface area contributed by atoms with Crippen molar-refractivity contribution in [3.05, 3.63) is 176 Å². The van der Waals surface area contributed by atoms with Crippen molar-refractivity contribution in [1.82, 2.24) is 23.9 Å². The molecule has 0 fully saturated rings. The van der Waals surface area contributed by atoms with Gasteiger partial charge in [-0.05, 0) is 54.6 Å². The molecule has 6 nitrogen and oxygen atoms in total. The molecule has 13 rings (SSSR count). The first-order chi connectivity index (χ1) is 28.2. The Kier molecular flexibility index (Phi) is 6.07. The second kappa shape index (κ2) is 11.4. The average molecular weight is 728 g/mol. The molecule has 264 valence electrons. The van der Waals surface area contributed by atoms with Crippen LogP contribution in [0.3, 0.4) is 0 Å². The van der Waals surface area contributed by atoms with Gasteiger partial charge in [0.15, 0.2) is 17.5 Å². The molecule has 0 radical (unpaired) electrons. The molecule has 5 heterocycles. The van der Waals surface area contributed by atoms with Gasteiger partial charge in [0.25, 0.3) is 0 Å². The van der Waals surface area contributed by atoms with Crippen molar-refractivity contribution in [2.75, 3.05) is 0 Å². The molecule has 0 saturated carbocycles. The fourth-order valence-corrected chi connectivity index (χ4v) is 9.16. The van der Waals surface area contributed by atoms with E-state index in [0.29, 0.717) is 17.5 Å². The lowest BCUT2D eigenvalue weighted by Gasteiger charge is -2.11. The van der Waals surface area contributed by atoms with Crippen LogP contribution in [-0.4, -0.2) is 23.9 Å². The van der Waals surface area contributed by atoms with Gasteiger partial charge in [-0.25, -0.2) is 15.0 Å². The van der Waals surface area contributed by atoms with Gasteiger partial charge in [0, 0.05) is 65.5 Å². The molecule has 57 heavy (non-hydrogen) atoms. The summed E-state index contributed by atoms with van der Waals surface area (Å²) in [5, 5.41) is 9.54. The standard InChI is InChI=1S/C51H29N5O/c1-2-11-30(12-3-1)49-52-50(31-22-26-47-41(27-31)38-15-6-9-20-46(38)57-47)54-51(53-49)32-21-24-36-34-13-4-7-18-42(34)55(44(36)28-32)33-23-25-37-40-17-10-16-39-35-14-5-8-19-43(35)56(48(39)40)45(37)29-33/h1-29H. The van der Waals surface area contributed by atoms with Crippen LogP contribution in [0.4, 0.5) is 0 Å². The smallest absolute Gasteiger partial charge is 0.164 e. The van der Waals surface area contributed by atoms with Crippen LogP contribution in [0, 0.1) is 0 Å². The maximum Gasteiger partial charge on any atom is 0.164 e. The third-order valence-electron chi connectivity index (χ3n) is 11.7. The molecule has 0 bridgehead atoms. The number of aromatic nitrogens is 5. The van der Waals surface area contributed by atoms with Gasteiger partial charge >= 0.3 is 0 Å². The number of rotatable bonds is 4. The van der Waals surface area contributed by atoms with E-state index in [1.54, 1.807) is 0 Å². The molecule has 0 atom stereocenters. The molecule has 0 aliphatic rings. The zero-order valence-electron chi connectivity index (χ0n) is 30.4. The minimum atomic E-state index is 0.607. The summed E-state index contributed by atoms with van der Waals surface area (Å²) < 4.78 is 11.0. The maximum atomic E-state index is 6.16. The summed E-state index contributed by atoms with van der Waals surface area (Å²) in [6, 6.07) is 62.0. The Morgan fingerprint density at radius 2 is 0.895 bits per heavy atom. The van der Waals surface area contributed by atoms with E-state index in [9.17, 15) is 0 Å². The van der Waals surface area contributed by atoms with Gasteiger partial charge in [-0.15, -0.1) is 0 Å². The molecular weight excluding hydrogens is 699 g/mol. The Labute approximate surface area is 324 Å². The molecule has 13 aromatic rings. The number of fused-ring (bicyclic) bond motifs is 12. The van der Waals surface area contributed by atoms with Gasteiger partial charge in [-0.1, -0.05) is 121 Å². The highest BCUT2D eigenvalue weighted by molar-refractivity contribution is 6.23. The van der Waals surface area contributed by atoms with Crippen LogP contribution >= 0.6 is 0 Å². The van der Waals surface area contributed by atoms with E-state index in [4.69, 9.17) is 19.4 Å². The first kappa shape index (κ1) is 30.5. The first-order valence-corrected chi connectivity index (χ1v) is 19.2. The molecule has 6 heteroatoms. The van der Waals surface area contributed by atoms with Gasteiger partial charge in [0.05, 0.1) is 27.6 Å². The summed E-state index contributed by atoms with van der Waals surface area (Å²) in [6.45, 7) is 0. The highest BCUT2D eigenvalue weighted by Gasteiger charge is 2.20.